The van der Waals surface area contributed by atoms with Gasteiger partial charge in [0, 0.05) is 6.42 Å². The number of fused-ring (bicyclic) bond motifs is 1. The number of para-hydroxylation sites is 1. The van der Waals surface area contributed by atoms with Gasteiger partial charge >= 0.3 is 5.97 Å². The van der Waals surface area contributed by atoms with Crippen molar-refractivity contribution in [2.24, 2.45) is 5.73 Å². The van der Waals surface area contributed by atoms with Crippen LogP contribution in [0.25, 0.3) is 10.2 Å². The molecular weight excluding hydrogens is 276 g/mol. The van der Waals surface area contributed by atoms with Gasteiger partial charge in [-0.05, 0) is 31.4 Å². The number of carbonyl (C=O) groups is 2. The zero-order valence-corrected chi connectivity index (χ0v) is 11.8. The van der Waals surface area contributed by atoms with E-state index in [1.807, 2.05) is 18.2 Å². The first-order chi connectivity index (χ1) is 9.65. The fraction of sp³-hybridized carbons (Fsp3) is 0.357. The molecule has 2 rings (SSSR count). The van der Waals surface area contributed by atoms with E-state index in [-0.39, 0.29) is 12.6 Å². The Balaban J connectivity index is 1.70. The second-order valence-corrected chi connectivity index (χ2v) is 5.52. The number of nitrogens with two attached hydrogens (primary N) is 1. The van der Waals surface area contributed by atoms with Crippen molar-refractivity contribution in [3.63, 3.8) is 0 Å². The molecule has 0 aliphatic carbocycles. The number of benzene rings is 1. The van der Waals surface area contributed by atoms with Gasteiger partial charge in [0.25, 0.3) is 5.91 Å². The molecule has 106 valence electrons. The fourth-order valence-electron chi connectivity index (χ4n) is 1.80. The normalized spacial score (nSPS) is 10.6. The van der Waals surface area contributed by atoms with Crippen LogP contribution in [0.3, 0.4) is 0 Å². The van der Waals surface area contributed by atoms with Crippen LogP contribution >= 0.6 is 11.3 Å². The summed E-state index contributed by atoms with van der Waals surface area (Å²) in [6.45, 7) is -0.337. The highest BCUT2D eigenvalue weighted by atomic mass is 32.1. The Morgan fingerprint density at radius 1 is 1.25 bits per heavy atom. The van der Waals surface area contributed by atoms with Crippen LogP contribution in [-0.2, 0) is 20.7 Å². The zero-order chi connectivity index (χ0) is 14.4. The van der Waals surface area contributed by atoms with E-state index in [1.165, 1.54) is 4.70 Å². The number of unbranched alkanes of at least 4 members (excludes halogenated alkanes) is 1. The van der Waals surface area contributed by atoms with Crippen molar-refractivity contribution in [3.05, 3.63) is 29.3 Å². The summed E-state index contributed by atoms with van der Waals surface area (Å²) in [5.74, 6) is -1.01. The Morgan fingerprint density at radius 2 is 2.05 bits per heavy atom. The predicted molar refractivity (Wildman–Crippen MR) is 77.3 cm³/mol. The summed E-state index contributed by atoms with van der Waals surface area (Å²) >= 11 is 1.68. The van der Waals surface area contributed by atoms with Crippen LogP contribution < -0.4 is 5.73 Å². The molecule has 0 saturated carbocycles. The quantitative estimate of drug-likeness (QED) is 0.625. The Kier molecular flexibility index (Phi) is 5.06. The van der Waals surface area contributed by atoms with Crippen LogP contribution in [-0.4, -0.2) is 23.5 Å². The molecule has 1 aromatic heterocycles. The lowest BCUT2D eigenvalue weighted by Gasteiger charge is -2.01. The Hall–Kier alpha value is -1.95. The molecule has 0 aliphatic heterocycles. The van der Waals surface area contributed by atoms with Crippen LogP contribution in [0, 0.1) is 0 Å². The van der Waals surface area contributed by atoms with Crippen molar-refractivity contribution in [1.82, 2.24) is 4.98 Å². The van der Waals surface area contributed by atoms with Crippen molar-refractivity contribution in [1.29, 1.82) is 0 Å². The molecule has 0 saturated heterocycles. The van der Waals surface area contributed by atoms with Crippen molar-refractivity contribution < 1.29 is 14.3 Å². The van der Waals surface area contributed by atoms with E-state index in [2.05, 4.69) is 15.8 Å². The lowest BCUT2D eigenvalue weighted by atomic mass is 10.2. The van der Waals surface area contributed by atoms with Gasteiger partial charge in [0.15, 0.2) is 6.61 Å². The van der Waals surface area contributed by atoms with Gasteiger partial charge in [-0.25, -0.2) is 4.98 Å². The summed E-state index contributed by atoms with van der Waals surface area (Å²) in [6, 6.07) is 8.02. The Morgan fingerprint density at radius 3 is 2.80 bits per heavy atom. The smallest absolute Gasteiger partial charge is 0.306 e. The molecule has 1 amide bonds. The second kappa shape index (κ2) is 7.00. The number of nitrogens with zero attached hydrogens (tertiary/aromatic N) is 1. The lowest BCUT2D eigenvalue weighted by molar-refractivity contribution is -0.147. The van der Waals surface area contributed by atoms with Gasteiger partial charge in [-0.1, -0.05) is 12.1 Å². The predicted octanol–water partition coefficient (Wildman–Crippen LogP) is 2.04. The number of hydrogen-bond acceptors (Lipinski definition) is 5. The molecule has 0 radical (unpaired) electrons. The van der Waals surface area contributed by atoms with E-state index in [1.54, 1.807) is 11.3 Å². The van der Waals surface area contributed by atoms with Crippen molar-refractivity contribution >= 4 is 33.4 Å². The maximum Gasteiger partial charge on any atom is 0.306 e. The molecule has 0 aliphatic rings. The van der Waals surface area contributed by atoms with Gasteiger partial charge in [-0.3, -0.25) is 9.59 Å². The zero-order valence-electron chi connectivity index (χ0n) is 11.0. The number of carbonyl (C=O) groups excluding carboxylic acids is 2. The molecule has 2 N–H and O–H groups in total. The highest BCUT2D eigenvalue weighted by Crippen LogP contribution is 2.22. The first-order valence-corrected chi connectivity index (χ1v) is 7.25. The molecule has 20 heavy (non-hydrogen) atoms. The van der Waals surface area contributed by atoms with E-state index in [0.29, 0.717) is 12.8 Å². The second-order valence-electron chi connectivity index (χ2n) is 4.41. The van der Waals surface area contributed by atoms with Crippen LogP contribution in [0.5, 0.6) is 0 Å². The summed E-state index contributed by atoms with van der Waals surface area (Å²) in [5, 5.41) is 1.08. The maximum atomic E-state index is 11.3. The van der Waals surface area contributed by atoms with Crippen molar-refractivity contribution in [3.8, 4) is 0 Å². The number of esters is 1. The minimum Gasteiger partial charge on any atom is -0.456 e. The minimum atomic E-state index is -0.632. The molecular formula is C14H16N2O3S. The molecule has 1 aromatic carbocycles. The SMILES string of the molecule is NC(=O)COC(=O)CCCCc1nc2ccccc2s1. The molecule has 6 heteroatoms. The third-order valence-corrected chi connectivity index (χ3v) is 3.83. The minimum absolute atomic E-state index is 0.304. The third-order valence-electron chi connectivity index (χ3n) is 2.74. The average Bonchev–Trinajstić information content (AvgIpc) is 2.84. The first kappa shape index (κ1) is 14.5. The molecule has 0 fully saturated rings. The summed E-state index contributed by atoms with van der Waals surface area (Å²) in [6.07, 6.45) is 2.74. The summed E-state index contributed by atoms with van der Waals surface area (Å²) < 4.78 is 5.86. The summed E-state index contributed by atoms with van der Waals surface area (Å²) in [4.78, 5) is 26.2. The van der Waals surface area contributed by atoms with E-state index < -0.39 is 5.91 Å². The van der Waals surface area contributed by atoms with Gasteiger partial charge in [0.1, 0.15) is 0 Å². The topological polar surface area (TPSA) is 82.3 Å². The number of aromatic nitrogens is 1. The van der Waals surface area contributed by atoms with E-state index in [9.17, 15) is 9.59 Å². The average molecular weight is 292 g/mol. The first-order valence-electron chi connectivity index (χ1n) is 6.43. The number of hydrogen-bond donors (Lipinski definition) is 1. The number of amides is 1. The third kappa shape index (κ3) is 4.31. The van der Waals surface area contributed by atoms with Crippen molar-refractivity contribution in [2.45, 2.75) is 25.7 Å². The summed E-state index contributed by atoms with van der Waals surface area (Å²) in [7, 11) is 0. The number of aryl methyl sites for hydroxylation is 1. The monoisotopic (exact) mass is 292 g/mol. The highest BCUT2D eigenvalue weighted by molar-refractivity contribution is 7.18. The number of ether oxygens (including phenoxy) is 1. The van der Waals surface area contributed by atoms with Crippen LogP contribution in [0.15, 0.2) is 24.3 Å². The molecule has 0 spiro atoms. The number of thiazole rings is 1. The summed E-state index contributed by atoms with van der Waals surface area (Å²) in [5.41, 5.74) is 5.91. The lowest BCUT2D eigenvalue weighted by Crippen LogP contribution is -2.20. The Bertz CT molecular complexity index is 576. The Labute approximate surface area is 120 Å². The van der Waals surface area contributed by atoms with Crippen LogP contribution in [0.4, 0.5) is 0 Å². The van der Waals surface area contributed by atoms with Gasteiger partial charge in [-0.15, -0.1) is 11.3 Å². The number of primary amides is 1. The van der Waals surface area contributed by atoms with Gasteiger partial charge in [0.05, 0.1) is 15.2 Å². The molecule has 2 aromatic rings. The molecule has 0 atom stereocenters. The fourth-order valence-corrected chi connectivity index (χ4v) is 2.81. The molecule has 0 bridgehead atoms. The highest BCUT2D eigenvalue weighted by Gasteiger charge is 2.06. The molecule has 1 heterocycles. The molecule has 0 unspecified atom stereocenters. The van der Waals surface area contributed by atoms with E-state index in [0.717, 1.165) is 23.4 Å². The van der Waals surface area contributed by atoms with Gasteiger partial charge in [-0.2, -0.15) is 0 Å². The van der Waals surface area contributed by atoms with Gasteiger partial charge in [0.2, 0.25) is 0 Å². The largest absolute Gasteiger partial charge is 0.456 e. The molecule has 5 nitrogen and oxygen atoms in total. The standard InChI is InChI=1S/C14H16N2O3S/c15-12(17)9-19-14(18)8-4-3-7-13-16-10-5-1-2-6-11(10)20-13/h1-2,5-6H,3-4,7-9H2,(H2,15,17). The van der Waals surface area contributed by atoms with Crippen molar-refractivity contribution in [2.75, 3.05) is 6.61 Å². The maximum absolute atomic E-state index is 11.3. The van der Waals surface area contributed by atoms with Crippen LogP contribution in [0.1, 0.15) is 24.3 Å². The van der Waals surface area contributed by atoms with E-state index in [4.69, 9.17) is 5.73 Å². The van der Waals surface area contributed by atoms with E-state index >= 15 is 0 Å². The van der Waals surface area contributed by atoms with Crippen LogP contribution in [0.2, 0.25) is 0 Å². The number of rotatable bonds is 7. The van der Waals surface area contributed by atoms with Gasteiger partial charge < -0.3 is 10.5 Å².